The average molecular weight is 252 g/mol. The molecule has 1 aliphatic carbocycles. The lowest BCUT2D eigenvalue weighted by atomic mass is 9.94. The van der Waals surface area contributed by atoms with Gasteiger partial charge in [-0.05, 0) is 30.6 Å². The van der Waals surface area contributed by atoms with E-state index in [1.54, 1.807) is 0 Å². The van der Waals surface area contributed by atoms with E-state index >= 15 is 0 Å². The summed E-state index contributed by atoms with van der Waals surface area (Å²) in [4.78, 5) is 26.1. The summed E-state index contributed by atoms with van der Waals surface area (Å²) in [5.41, 5.74) is 0. The van der Waals surface area contributed by atoms with E-state index in [9.17, 15) is 9.59 Å². The zero-order valence-corrected chi connectivity index (χ0v) is 11.8. The van der Waals surface area contributed by atoms with Crippen LogP contribution >= 0.6 is 0 Å². The first-order valence-corrected chi connectivity index (χ1v) is 7.01. The second-order valence-corrected chi connectivity index (χ2v) is 6.24. The van der Waals surface area contributed by atoms with Gasteiger partial charge in [0.15, 0.2) is 0 Å². The van der Waals surface area contributed by atoms with Crippen molar-refractivity contribution in [2.24, 2.45) is 17.8 Å². The fourth-order valence-corrected chi connectivity index (χ4v) is 3.20. The zero-order valence-electron chi connectivity index (χ0n) is 11.8. The van der Waals surface area contributed by atoms with Crippen LogP contribution in [0.25, 0.3) is 0 Å². The van der Waals surface area contributed by atoms with E-state index in [2.05, 4.69) is 19.2 Å². The van der Waals surface area contributed by atoms with Crippen LogP contribution in [0.2, 0.25) is 0 Å². The van der Waals surface area contributed by atoms with Gasteiger partial charge in [-0.3, -0.25) is 9.59 Å². The first kappa shape index (κ1) is 13.4. The minimum absolute atomic E-state index is 0.0138. The average Bonchev–Trinajstić information content (AvgIpc) is 2.62. The Morgan fingerprint density at radius 3 is 2.39 bits per heavy atom. The lowest BCUT2D eigenvalue weighted by molar-refractivity contribution is -0.148. The molecule has 1 aliphatic heterocycles. The van der Waals surface area contributed by atoms with Gasteiger partial charge in [0.2, 0.25) is 11.8 Å². The third-order valence-corrected chi connectivity index (χ3v) is 4.67. The number of hydrogen-bond donors (Lipinski definition) is 1. The molecule has 2 aliphatic rings. The molecule has 1 saturated heterocycles. The number of nitrogens with zero attached hydrogens (tertiary/aromatic N) is 1. The van der Waals surface area contributed by atoms with Gasteiger partial charge in [-0.2, -0.15) is 0 Å². The summed E-state index contributed by atoms with van der Waals surface area (Å²) in [7, 11) is 0. The molecule has 0 radical (unpaired) electrons. The second kappa shape index (κ2) is 4.90. The Hall–Kier alpha value is -1.06. The first-order chi connectivity index (χ1) is 8.41. The van der Waals surface area contributed by atoms with Crippen molar-refractivity contribution < 1.29 is 9.59 Å². The fourth-order valence-electron chi connectivity index (χ4n) is 3.20. The van der Waals surface area contributed by atoms with E-state index in [1.807, 2.05) is 18.7 Å². The summed E-state index contributed by atoms with van der Waals surface area (Å²) in [6.45, 7) is 8.63. The number of rotatable bonds is 2. The summed E-state index contributed by atoms with van der Waals surface area (Å²) in [5.74, 6) is 1.38. The first-order valence-electron chi connectivity index (χ1n) is 7.01. The normalized spacial score (nSPS) is 37.3. The Morgan fingerprint density at radius 1 is 1.22 bits per heavy atom. The molecule has 0 bridgehead atoms. The lowest BCUT2D eigenvalue weighted by Crippen LogP contribution is -2.62. The van der Waals surface area contributed by atoms with Crippen molar-refractivity contribution in [1.29, 1.82) is 0 Å². The van der Waals surface area contributed by atoms with Gasteiger partial charge >= 0.3 is 0 Å². The summed E-state index contributed by atoms with van der Waals surface area (Å²) in [6.07, 6.45) is 2.19. The maximum absolute atomic E-state index is 12.5. The van der Waals surface area contributed by atoms with E-state index < -0.39 is 0 Å². The van der Waals surface area contributed by atoms with Crippen LogP contribution in [-0.2, 0) is 9.59 Å². The highest BCUT2D eigenvalue weighted by Crippen LogP contribution is 2.35. The molecular weight excluding hydrogens is 228 g/mol. The van der Waals surface area contributed by atoms with Crippen LogP contribution in [-0.4, -0.2) is 35.3 Å². The summed E-state index contributed by atoms with van der Waals surface area (Å²) in [6, 6.07) is -0.0887. The Kier molecular flexibility index (Phi) is 3.64. The SMILES string of the molecule is CC(C)C1NC(=O)CN(C2CCC(C)C2C)C1=O. The van der Waals surface area contributed by atoms with Gasteiger partial charge in [-0.1, -0.05) is 27.7 Å². The van der Waals surface area contributed by atoms with Crippen LogP contribution in [0.3, 0.4) is 0 Å². The van der Waals surface area contributed by atoms with Crippen molar-refractivity contribution in [3.05, 3.63) is 0 Å². The Labute approximate surface area is 109 Å². The van der Waals surface area contributed by atoms with Gasteiger partial charge in [-0.25, -0.2) is 0 Å². The van der Waals surface area contributed by atoms with Gasteiger partial charge in [0.1, 0.15) is 6.04 Å². The van der Waals surface area contributed by atoms with Crippen LogP contribution in [0, 0.1) is 17.8 Å². The maximum Gasteiger partial charge on any atom is 0.246 e. The van der Waals surface area contributed by atoms with E-state index in [0.29, 0.717) is 11.8 Å². The molecule has 0 aromatic rings. The summed E-state index contributed by atoms with van der Waals surface area (Å²) < 4.78 is 0. The molecule has 2 amide bonds. The number of nitrogens with one attached hydrogen (secondary N) is 1. The monoisotopic (exact) mass is 252 g/mol. The van der Waals surface area contributed by atoms with Crippen LogP contribution < -0.4 is 5.32 Å². The van der Waals surface area contributed by atoms with Crippen LogP contribution in [0.1, 0.15) is 40.5 Å². The Morgan fingerprint density at radius 2 is 1.89 bits per heavy atom. The lowest BCUT2D eigenvalue weighted by Gasteiger charge is -2.39. The van der Waals surface area contributed by atoms with Gasteiger partial charge in [0.25, 0.3) is 0 Å². The largest absolute Gasteiger partial charge is 0.343 e. The molecule has 1 N–H and O–H groups in total. The molecule has 2 rings (SSSR count). The van der Waals surface area contributed by atoms with Gasteiger partial charge in [-0.15, -0.1) is 0 Å². The summed E-state index contributed by atoms with van der Waals surface area (Å²) >= 11 is 0. The number of amides is 2. The Bertz CT molecular complexity index is 354. The molecule has 18 heavy (non-hydrogen) atoms. The summed E-state index contributed by atoms with van der Waals surface area (Å²) in [5, 5.41) is 2.81. The topological polar surface area (TPSA) is 49.4 Å². The molecular formula is C14H24N2O2. The van der Waals surface area contributed by atoms with Crippen molar-refractivity contribution in [2.75, 3.05) is 6.54 Å². The van der Waals surface area contributed by atoms with Crippen LogP contribution in [0.15, 0.2) is 0 Å². The fraction of sp³-hybridized carbons (Fsp3) is 0.857. The van der Waals surface area contributed by atoms with Crippen LogP contribution in [0.5, 0.6) is 0 Å². The second-order valence-electron chi connectivity index (χ2n) is 6.24. The molecule has 4 heteroatoms. The number of piperazine rings is 1. The van der Waals surface area contributed by atoms with E-state index in [0.717, 1.165) is 12.8 Å². The van der Waals surface area contributed by atoms with Crippen molar-refractivity contribution in [1.82, 2.24) is 10.2 Å². The maximum atomic E-state index is 12.5. The van der Waals surface area contributed by atoms with Crippen molar-refractivity contribution >= 4 is 11.8 Å². The van der Waals surface area contributed by atoms with E-state index in [4.69, 9.17) is 0 Å². The zero-order chi connectivity index (χ0) is 13.4. The highest BCUT2D eigenvalue weighted by atomic mass is 16.2. The molecule has 1 saturated carbocycles. The standard InChI is InChI=1S/C14H24N2O2/c1-8(2)13-14(18)16(7-12(17)15-13)11-6-5-9(3)10(11)4/h8-11,13H,5-7H2,1-4H3,(H,15,17). The molecule has 0 aromatic heterocycles. The smallest absolute Gasteiger partial charge is 0.246 e. The van der Waals surface area contributed by atoms with Crippen molar-refractivity contribution in [3.8, 4) is 0 Å². The van der Waals surface area contributed by atoms with E-state index in [1.165, 1.54) is 0 Å². The predicted molar refractivity (Wildman–Crippen MR) is 69.8 cm³/mol. The Balaban J connectivity index is 2.16. The minimum atomic E-state index is -0.339. The molecule has 0 aromatic carbocycles. The predicted octanol–water partition coefficient (Wildman–Crippen LogP) is 1.40. The number of carbonyl (C=O) groups is 2. The molecule has 2 fully saturated rings. The molecule has 102 valence electrons. The highest BCUT2D eigenvalue weighted by Gasteiger charge is 2.42. The van der Waals surface area contributed by atoms with Gasteiger partial charge < -0.3 is 10.2 Å². The van der Waals surface area contributed by atoms with Gasteiger partial charge in [0, 0.05) is 6.04 Å². The number of hydrogen-bond acceptors (Lipinski definition) is 2. The van der Waals surface area contributed by atoms with E-state index in [-0.39, 0.29) is 36.4 Å². The molecule has 1 heterocycles. The third-order valence-electron chi connectivity index (χ3n) is 4.67. The molecule has 4 unspecified atom stereocenters. The molecule has 4 nitrogen and oxygen atoms in total. The highest BCUT2D eigenvalue weighted by molar-refractivity contribution is 5.95. The minimum Gasteiger partial charge on any atom is -0.343 e. The molecule has 4 atom stereocenters. The quantitative estimate of drug-likeness (QED) is 0.807. The van der Waals surface area contributed by atoms with Crippen molar-refractivity contribution in [3.63, 3.8) is 0 Å². The van der Waals surface area contributed by atoms with Gasteiger partial charge in [0.05, 0.1) is 6.54 Å². The molecule has 0 spiro atoms. The van der Waals surface area contributed by atoms with Crippen LogP contribution in [0.4, 0.5) is 0 Å². The van der Waals surface area contributed by atoms with Crippen molar-refractivity contribution in [2.45, 2.75) is 52.6 Å². The number of carbonyl (C=O) groups excluding carboxylic acids is 2. The third kappa shape index (κ3) is 2.25.